The number of piperazine rings is 1. The number of fused-ring (bicyclic) bond motifs is 1. The standard InChI is InChI=1S/C20H30N4O3/c1-20(2,3)27-19(25)23-9-10-24-17(13-23)12-22-18(24)21-11-15-5-7-16(8-6-15)14-26-4/h5-8,17H,9-14H2,1-4H3,(H,21,22). The number of benzene rings is 1. The van der Waals surface area contributed by atoms with E-state index in [0.29, 0.717) is 26.2 Å². The molecule has 2 aliphatic heterocycles. The van der Waals surface area contributed by atoms with Crippen molar-refractivity contribution in [1.82, 2.24) is 15.1 Å². The molecule has 7 nitrogen and oxygen atoms in total. The molecule has 1 aromatic carbocycles. The number of amides is 1. The van der Waals surface area contributed by atoms with Gasteiger partial charge in [0.2, 0.25) is 0 Å². The second-order valence-corrected chi connectivity index (χ2v) is 8.04. The van der Waals surface area contributed by atoms with Crippen LogP contribution in [0.15, 0.2) is 29.3 Å². The van der Waals surface area contributed by atoms with Crippen LogP contribution in [-0.2, 0) is 22.6 Å². The number of nitrogens with zero attached hydrogens (tertiary/aromatic N) is 3. The summed E-state index contributed by atoms with van der Waals surface area (Å²) in [5.74, 6) is 0.921. The Balaban J connectivity index is 1.49. The van der Waals surface area contributed by atoms with E-state index < -0.39 is 5.60 Å². The second kappa shape index (κ2) is 8.17. The Labute approximate surface area is 161 Å². The Bertz CT molecular complexity index is 681. The Morgan fingerprint density at radius 1 is 1.22 bits per heavy atom. The fourth-order valence-corrected chi connectivity index (χ4v) is 3.32. The third-order valence-electron chi connectivity index (χ3n) is 4.64. The minimum atomic E-state index is -0.466. The van der Waals surface area contributed by atoms with Gasteiger partial charge in [0.25, 0.3) is 0 Å². The summed E-state index contributed by atoms with van der Waals surface area (Å²) in [7, 11) is 1.70. The van der Waals surface area contributed by atoms with Gasteiger partial charge in [-0.15, -0.1) is 0 Å². The molecular formula is C20H30N4O3. The van der Waals surface area contributed by atoms with Gasteiger partial charge in [-0.25, -0.2) is 4.79 Å². The van der Waals surface area contributed by atoms with Crippen molar-refractivity contribution in [3.05, 3.63) is 35.4 Å². The highest BCUT2D eigenvalue weighted by molar-refractivity contribution is 5.82. The van der Waals surface area contributed by atoms with Gasteiger partial charge in [-0.05, 0) is 31.9 Å². The molecule has 2 aliphatic rings. The molecule has 1 saturated heterocycles. The smallest absolute Gasteiger partial charge is 0.410 e. The first-order chi connectivity index (χ1) is 12.9. The number of nitrogens with one attached hydrogen (secondary N) is 1. The lowest BCUT2D eigenvalue weighted by atomic mass is 10.1. The fourth-order valence-electron chi connectivity index (χ4n) is 3.32. The maximum Gasteiger partial charge on any atom is 0.410 e. The van der Waals surface area contributed by atoms with Crippen LogP contribution in [0, 0.1) is 0 Å². The van der Waals surface area contributed by atoms with Crippen LogP contribution in [0.5, 0.6) is 0 Å². The van der Waals surface area contributed by atoms with E-state index >= 15 is 0 Å². The van der Waals surface area contributed by atoms with Crippen molar-refractivity contribution in [2.75, 3.05) is 33.3 Å². The lowest BCUT2D eigenvalue weighted by Crippen LogP contribution is -2.57. The maximum absolute atomic E-state index is 12.3. The molecule has 0 bridgehead atoms. The number of carbonyl (C=O) groups is 1. The summed E-state index contributed by atoms with van der Waals surface area (Å²) in [5, 5.41) is 3.44. The number of aliphatic imine (C=N–C) groups is 1. The zero-order chi connectivity index (χ0) is 19.4. The van der Waals surface area contributed by atoms with E-state index in [4.69, 9.17) is 9.47 Å². The lowest BCUT2D eigenvalue weighted by Gasteiger charge is -2.39. The molecule has 1 atom stereocenters. The van der Waals surface area contributed by atoms with E-state index in [9.17, 15) is 4.79 Å². The van der Waals surface area contributed by atoms with Gasteiger partial charge in [-0.2, -0.15) is 0 Å². The predicted molar refractivity (Wildman–Crippen MR) is 105 cm³/mol. The van der Waals surface area contributed by atoms with Crippen molar-refractivity contribution in [3.63, 3.8) is 0 Å². The van der Waals surface area contributed by atoms with E-state index in [1.54, 1.807) is 12.0 Å². The van der Waals surface area contributed by atoms with Crippen molar-refractivity contribution >= 4 is 12.1 Å². The molecule has 1 amide bonds. The van der Waals surface area contributed by atoms with Gasteiger partial charge in [-0.3, -0.25) is 4.99 Å². The van der Waals surface area contributed by atoms with Gasteiger partial charge in [0.15, 0.2) is 5.96 Å². The topological polar surface area (TPSA) is 66.4 Å². The summed E-state index contributed by atoms with van der Waals surface area (Å²) < 4.78 is 10.6. The van der Waals surface area contributed by atoms with Gasteiger partial charge in [0, 0.05) is 33.3 Å². The first-order valence-electron chi connectivity index (χ1n) is 9.45. The van der Waals surface area contributed by atoms with E-state index in [1.165, 1.54) is 5.56 Å². The summed E-state index contributed by atoms with van der Waals surface area (Å²) in [4.78, 5) is 21.0. The van der Waals surface area contributed by atoms with Crippen LogP contribution >= 0.6 is 0 Å². The summed E-state index contributed by atoms with van der Waals surface area (Å²) in [5.41, 5.74) is 1.90. The molecule has 1 unspecified atom stereocenters. The highest BCUT2D eigenvalue weighted by Crippen LogP contribution is 2.19. The molecule has 1 N–H and O–H groups in total. The number of methoxy groups -OCH3 is 1. The molecule has 0 radical (unpaired) electrons. The summed E-state index contributed by atoms with van der Waals surface area (Å²) >= 11 is 0. The third-order valence-corrected chi connectivity index (χ3v) is 4.64. The number of rotatable bonds is 4. The SMILES string of the molecule is COCc1ccc(CNC2=NCC3CN(C(=O)OC(C)(C)C)CCN23)cc1. The molecule has 2 heterocycles. The van der Waals surface area contributed by atoms with Crippen molar-refractivity contribution in [2.45, 2.75) is 45.6 Å². The highest BCUT2D eigenvalue weighted by Gasteiger charge is 2.36. The third kappa shape index (κ3) is 5.13. The van der Waals surface area contributed by atoms with E-state index in [-0.39, 0.29) is 12.1 Å². The van der Waals surface area contributed by atoms with Crippen LogP contribution in [0.4, 0.5) is 4.79 Å². The predicted octanol–water partition coefficient (Wildman–Crippen LogP) is 2.21. The largest absolute Gasteiger partial charge is 0.444 e. The minimum absolute atomic E-state index is 0.220. The molecule has 0 saturated carbocycles. The highest BCUT2D eigenvalue weighted by atomic mass is 16.6. The van der Waals surface area contributed by atoms with Gasteiger partial charge in [0.1, 0.15) is 5.60 Å². The van der Waals surface area contributed by atoms with Crippen LogP contribution in [-0.4, -0.2) is 66.8 Å². The molecule has 3 rings (SSSR count). The number of guanidine groups is 1. The van der Waals surface area contributed by atoms with Crippen molar-refractivity contribution < 1.29 is 14.3 Å². The van der Waals surface area contributed by atoms with Gasteiger partial charge in [0.05, 0.1) is 19.2 Å². The molecule has 148 valence electrons. The average molecular weight is 374 g/mol. The molecule has 1 aromatic rings. The van der Waals surface area contributed by atoms with Crippen molar-refractivity contribution in [2.24, 2.45) is 4.99 Å². The van der Waals surface area contributed by atoms with Crippen LogP contribution in [0.3, 0.4) is 0 Å². The number of hydrogen-bond donors (Lipinski definition) is 1. The Morgan fingerprint density at radius 2 is 1.93 bits per heavy atom. The van der Waals surface area contributed by atoms with Gasteiger partial charge < -0.3 is 24.6 Å². The van der Waals surface area contributed by atoms with Gasteiger partial charge >= 0.3 is 6.09 Å². The van der Waals surface area contributed by atoms with Crippen LogP contribution in [0.25, 0.3) is 0 Å². The molecular weight excluding hydrogens is 344 g/mol. The van der Waals surface area contributed by atoms with E-state index in [2.05, 4.69) is 39.5 Å². The normalized spacial score (nSPS) is 19.6. The first-order valence-corrected chi connectivity index (χ1v) is 9.45. The quantitative estimate of drug-likeness (QED) is 0.875. The molecule has 1 fully saturated rings. The maximum atomic E-state index is 12.3. The van der Waals surface area contributed by atoms with E-state index in [0.717, 1.165) is 24.6 Å². The van der Waals surface area contributed by atoms with Crippen molar-refractivity contribution in [1.29, 1.82) is 0 Å². The molecule has 0 spiro atoms. The number of ether oxygens (including phenoxy) is 2. The molecule has 0 aromatic heterocycles. The fraction of sp³-hybridized carbons (Fsp3) is 0.600. The summed E-state index contributed by atoms with van der Waals surface area (Å²) in [6, 6.07) is 8.60. The van der Waals surface area contributed by atoms with Crippen molar-refractivity contribution in [3.8, 4) is 0 Å². The van der Waals surface area contributed by atoms with Crippen LogP contribution in [0.2, 0.25) is 0 Å². The number of hydrogen-bond acceptors (Lipinski definition) is 6. The Morgan fingerprint density at radius 3 is 2.59 bits per heavy atom. The van der Waals surface area contributed by atoms with Gasteiger partial charge in [-0.1, -0.05) is 24.3 Å². The summed E-state index contributed by atoms with van der Waals surface area (Å²) in [6.07, 6.45) is -0.236. The minimum Gasteiger partial charge on any atom is -0.444 e. The Kier molecular flexibility index (Phi) is 5.89. The average Bonchev–Trinajstić information content (AvgIpc) is 3.02. The molecule has 27 heavy (non-hydrogen) atoms. The van der Waals surface area contributed by atoms with Crippen LogP contribution in [0.1, 0.15) is 31.9 Å². The zero-order valence-electron chi connectivity index (χ0n) is 16.7. The molecule has 0 aliphatic carbocycles. The second-order valence-electron chi connectivity index (χ2n) is 8.04. The zero-order valence-corrected chi connectivity index (χ0v) is 16.7. The van der Waals surface area contributed by atoms with Crippen LogP contribution < -0.4 is 5.32 Å². The van der Waals surface area contributed by atoms with E-state index in [1.807, 2.05) is 20.8 Å². The summed E-state index contributed by atoms with van der Waals surface area (Å²) in [6.45, 7) is 9.80. The Hall–Kier alpha value is -2.28. The first kappa shape index (κ1) is 19.5. The lowest BCUT2D eigenvalue weighted by molar-refractivity contribution is 0.0137. The molecule has 7 heteroatoms. The number of carbonyl (C=O) groups excluding carboxylic acids is 1. The monoisotopic (exact) mass is 374 g/mol.